The van der Waals surface area contributed by atoms with Crippen LogP contribution in [-0.2, 0) is 9.53 Å². The first kappa shape index (κ1) is 13.9. The minimum Gasteiger partial charge on any atom is -0.481 e. The van der Waals surface area contributed by atoms with E-state index in [0.717, 1.165) is 0 Å². The minimum atomic E-state index is -0.977. The van der Waals surface area contributed by atoms with Gasteiger partial charge in [-0.15, -0.1) is 0 Å². The quantitative estimate of drug-likeness (QED) is 0.693. The molecule has 8 heteroatoms. The van der Waals surface area contributed by atoms with E-state index in [1.54, 1.807) is 18.2 Å². The van der Waals surface area contributed by atoms with Gasteiger partial charge in [-0.1, -0.05) is 0 Å². The van der Waals surface area contributed by atoms with Crippen LogP contribution in [0.1, 0.15) is 16.8 Å². The van der Waals surface area contributed by atoms with Crippen LogP contribution < -0.4 is 5.32 Å². The average molecular weight is 278 g/mol. The Kier molecular flexibility index (Phi) is 4.26. The lowest BCUT2D eigenvalue weighted by atomic mass is 10.2. The lowest BCUT2D eigenvalue weighted by molar-refractivity contribution is -0.139. The van der Waals surface area contributed by atoms with Crippen LogP contribution >= 0.6 is 0 Å². The van der Waals surface area contributed by atoms with Crippen molar-refractivity contribution in [2.24, 2.45) is 0 Å². The second kappa shape index (κ2) is 6.11. The number of aliphatic carboxylic acids is 1. The van der Waals surface area contributed by atoms with Gasteiger partial charge in [-0.2, -0.15) is 15.4 Å². The summed E-state index contributed by atoms with van der Waals surface area (Å²) in [5.74, 6) is -1.29. The molecule has 2 aromatic rings. The lowest BCUT2D eigenvalue weighted by Gasteiger charge is -2.13. The maximum atomic E-state index is 11.9. The molecule has 1 amide bonds. The molecule has 0 bridgehead atoms. The Balaban J connectivity index is 1.98. The highest BCUT2D eigenvalue weighted by molar-refractivity contribution is 5.97. The van der Waals surface area contributed by atoms with E-state index in [4.69, 9.17) is 9.84 Å². The number of ether oxygens (including phenoxy) is 1. The molecule has 0 fully saturated rings. The van der Waals surface area contributed by atoms with Crippen molar-refractivity contribution in [2.45, 2.75) is 12.5 Å². The van der Waals surface area contributed by atoms with Crippen LogP contribution in [0.15, 0.2) is 18.2 Å². The summed E-state index contributed by atoms with van der Waals surface area (Å²) in [6.07, 6.45) is -0.730. The number of amides is 1. The Hall–Kier alpha value is -2.48. The molecule has 1 aromatic heterocycles. The summed E-state index contributed by atoms with van der Waals surface area (Å²) < 4.78 is 4.98. The third-order valence-electron chi connectivity index (χ3n) is 2.80. The van der Waals surface area contributed by atoms with Gasteiger partial charge in [0.1, 0.15) is 11.0 Å². The number of benzene rings is 1. The molecule has 0 aliphatic carbocycles. The van der Waals surface area contributed by atoms with Crippen molar-refractivity contribution in [3.63, 3.8) is 0 Å². The molecule has 1 unspecified atom stereocenters. The molecule has 0 spiro atoms. The van der Waals surface area contributed by atoms with Crippen LogP contribution in [0.25, 0.3) is 11.0 Å². The van der Waals surface area contributed by atoms with E-state index in [0.29, 0.717) is 16.6 Å². The number of carboxylic acid groups (broad SMARTS) is 1. The summed E-state index contributed by atoms with van der Waals surface area (Å²) >= 11 is 0. The molecule has 1 heterocycles. The maximum absolute atomic E-state index is 11.9. The molecule has 0 saturated carbocycles. The fourth-order valence-electron chi connectivity index (χ4n) is 1.72. The molecule has 0 aliphatic heterocycles. The Morgan fingerprint density at radius 1 is 1.40 bits per heavy atom. The van der Waals surface area contributed by atoms with E-state index in [1.165, 1.54) is 7.11 Å². The second-order valence-corrected chi connectivity index (χ2v) is 4.19. The molecular formula is C12H14N4O4. The van der Waals surface area contributed by atoms with Crippen molar-refractivity contribution < 1.29 is 19.4 Å². The van der Waals surface area contributed by atoms with E-state index in [9.17, 15) is 9.59 Å². The number of fused-ring (bicyclic) bond motifs is 1. The van der Waals surface area contributed by atoms with Crippen molar-refractivity contribution in [3.05, 3.63) is 23.8 Å². The first-order valence-corrected chi connectivity index (χ1v) is 5.93. The third-order valence-corrected chi connectivity index (χ3v) is 2.80. The van der Waals surface area contributed by atoms with Crippen LogP contribution in [0.5, 0.6) is 0 Å². The average Bonchev–Trinajstić information content (AvgIpc) is 2.89. The molecule has 0 saturated heterocycles. The van der Waals surface area contributed by atoms with Crippen LogP contribution in [0, 0.1) is 0 Å². The van der Waals surface area contributed by atoms with Crippen molar-refractivity contribution in [3.8, 4) is 0 Å². The summed E-state index contributed by atoms with van der Waals surface area (Å²) in [6, 6.07) is 4.91. The standard InChI is InChI=1S/C12H14N4O4/c1-20-8(5-11(17)18)6-13-12(19)7-2-3-9-10(4-7)15-16-14-9/h2-4,8H,5-6H2,1H3,(H,13,19)(H,17,18)(H,14,15,16). The lowest BCUT2D eigenvalue weighted by Crippen LogP contribution is -2.34. The van der Waals surface area contributed by atoms with Gasteiger partial charge in [0.05, 0.1) is 12.5 Å². The first-order chi connectivity index (χ1) is 9.60. The fourth-order valence-corrected chi connectivity index (χ4v) is 1.72. The van der Waals surface area contributed by atoms with E-state index in [1.807, 2.05) is 0 Å². The van der Waals surface area contributed by atoms with Gasteiger partial charge in [-0.25, -0.2) is 0 Å². The van der Waals surface area contributed by atoms with Crippen molar-refractivity contribution in [1.82, 2.24) is 20.7 Å². The normalized spacial score (nSPS) is 12.2. The van der Waals surface area contributed by atoms with Gasteiger partial charge in [0.25, 0.3) is 5.91 Å². The summed E-state index contributed by atoms with van der Waals surface area (Å²) in [6.45, 7) is 0.123. The zero-order valence-electron chi connectivity index (χ0n) is 10.8. The molecule has 0 radical (unpaired) electrons. The Morgan fingerprint density at radius 2 is 2.15 bits per heavy atom. The van der Waals surface area contributed by atoms with Gasteiger partial charge in [0, 0.05) is 19.2 Å². The molecule has 8 nitrogen and oxygen atoms in total. The monoisotopic (exact) mass is 278 g/mol. The number of nitrogens with one attached hydrogen (secondary N) is 2. The van der Waals surface area contributed by atoms with Gasteiger partial charge in [0.2, 0.25) is 0 Å². The molecule has 1 atom stereocenters. The Labute approximate surface area is 114 Å². The highest BCUT2D eigenvalue weighted by Crippen LogP contribution is 2.10. The maximum Gasteiger partial charge on any atom is 0.306 e. The van der Waals surface area contributed by atoms with E-state index in [2.05, 4.69) is 20.7 Å². The number of carbonyl (C=O) groups is 2. The summed E-state index contributed by atoms with van der Waals surface area (Å²) in [5.41, 5.74) is 1.69. The molecule has 106 valence electrons. The van der Waals surface area contributed by atoms with E-state index < -0.39 is 12.1 Å². The number of H-pyrrole nitrogens is 1. The molecule has 20 heavy (non-hydrogen) atoms. The van der Waals surface area contributed by atoms with Crippen molar-refractivity contribution in [2.75, 3.05) is 13.7 Å². The van der Waals surface area contributed by atoms with Crippen LogP contribution in [0.2, 0.25) is 0 Å². The first-order valence-electron chi connectivity index (χ1n) is 5.93. The second-order valence-electron chi connectivity index (χ2n) is 4.19. The van der Waals surface area contributed by atoms with Gasteiger partial charge in [-0.05, 0) is 18.2 Å². The SMILES string of the molecule is COC(CNC(=O)c1ccc2n[nH]nc2c1)CC(=O)O. The van der Waals surface area contributed by atoms with E-state index in [-0.39, 0.29) is 18.9 Å². The number of aromatic amines is 1. The minimum absolute atomic E-state index is 0.123. The van der Waals surface area contributed by atoms with Gasteiger partial charge < -0.3 is 15.2 Å². The number of carboxylic acids is 1. The molecule has 2 rings (SSSR count). The van der Waals surface area contributed by atoms with Gasteiger partial charge in [-0.3, -0.25) is 9.59 Å². The topological polar surface area (TPSA) is 117 Å². The summed E-state index contributed by atoms with van der Waals surface area (Å²) in [4.78, 5) is 22.5. The van der Waals surface area contributed by atoms with Crippen molar-refractivity contribution in [1.29, 1.82) is 0 Å². The van der Waals surface area contributed by atoms with Crippen LogP contribution in [0.4, 0.5) is 0 Å². The Morgan fingerprint density at radius 3 is 2.85 bits per heavy atom. The van der Waals surface area contributed by atoms with Crippen molar-refractivity contribution >= 4 is 22.9 Å². The van der Waals surface area contributed by atoms with E-state index >= 15 is 0 Å². The molecule has 1 aromatic carbocycles. The number of rotatable bonds is 6. The van der Waals surface area contributed by atoms with Gasteiger partial charge in [0.15, 0.2) is 0 Å². The number of hydrogen-bond acceptors (Lipinski definition) is 5. The number of hydrogen-bond donors (Lipinski definition) is 3. The predicted molar refractivity (Wildman–Crippen MR) is 69.3 cm³/mol. The Bertz CT molecular complexity index is 625. The number of methoxy groups -OCH3 is 1. The highest BCUT2D eigenvalue weighted by Gasteiger charge is 2.14. The van der Waals surface area contributed by atoms with Gasteiger partial charge >= 0.3 is 5.97 Å². The molecular weight excluding hydrogens is 264 g/mol. The summed E-state index contributed by atoms with van der Waals surface area (Å²) in [5, 5.41) is 21.6. The number of carbonyl (C=O) groups excluding carboxylic acids is 1. The largest absolute Gasteiger partial charge is 0.481 e. The molecule has 3 N–H and O–H groups in total. The zero-order valence-corrected chi connectivity index (χ0v) is 10.8. The number of aromatic nitrogens is 3. The highest BCUT2D eigenvalue weighted by atomic mass is 16.5. The number of nitrogens with zero attached hydrogens (tertiary/aromatic N) is 2. The fraction of sp³-hybridized carbons (Fsp3) is 0.333. The predicted octanol–water partition coefficient (Wildman–Crippen LogP) is 0.177. The third kappa shape index (κ3) is 3.29. The van der Waals surface area contributed by atoms with Crippen LogP contribution in [-0.4, -0.2) is 52.2 Å². The molecule has 0 aliphatic rings. The smallest absolute Gasteiger partial charge is 0.306 e. The zero-order chi connectivity index (χ0) is 14.5. The summed E-state index contributed by atoms with van der Waals surface area (Å²) in [7, 11) is 1.40. The van der Waals surface area contributed by atoms with Crippen LogP contribution in [0.3, 0.4) is 0 Å².